The van der Waals surface area contributed by atoms with Crippen LogP contribution < -0.4 is 10.2 Å². The molecule has 4 nitrogen and oxygen atoms in total. The van der Waals surface area contributed by atoms with Crippen molar-refractivity contribution in [1.82, 2.24) is 9.99 Å². The van der Waals surface area contributed by atoms with Crippen LogP contribution in [0.3, 0.4) is 0 Å². The lowest BCUT2D eigenvalue weighted by Gasteiger charge is -2.00. The van der Waals surface area contributed by atoms with Crippen LogP contribution in [-0.2, 0) is 11.8 Å². The molecule has 0 aliphatic carbocycles. The Kier molecular flexibility index (Phi) is 5.99. The van der Waals surface area contributed by atoms with Crippen LogP contribution in [0.4, 0.5) is 0 Å². The van der Waals surface area contributed by atoms with E-state index in [1.165, 1.54) is 24.0 Å². The van der Waals surface area contributed by atoms with E-state index in [-0.39, 0.29) is 5.91 Å². The average Bonchev–Trinajstić information content (AvgIpc) is 2.82. The van der Waals surface area contributed by atoms with Crippen LogP contribution in [-0.4, -0.2) is 10.5 Å². The maximum absolute atomic E-state index is 11.8. The van der Waals surface area contributed by atoms with Crippen molar-refractivity contribution in [1.29, 1.82) is 0 Å². The van der Waals surface area contributed by atoms with E-state index in [1.807, 2.05) is 23.7 Å². The van der Waals surface area contributed by atoms with Gasteiger partial charge < -0.3 is 4.57 Å². The zero-order valence-electron chi connectivity index (χ0n) is 12.8. The van der Waals surface area contributed by atoms with E-state index < -0.39 is 0 Å². The van der Waals surface area contributed by atoms with E-state index >= 15 is 0 Å². The molecule has 0 saturated carbocycles. The van der Waals surface area contributed by atoms with Crippen molar-refractivity contribution in [3.8, 4) is 0 Å². The predicted molar refractivity (Wildman–Crippen MR) is 87.9 cm³/mol. The number of carbonyl (C=O) groups excluding carboxylic acids is 1. The molecule has 0 unspecified atom stereocenters. The van der Waals surface area contributed by atoms with E-state index in [1.54, 1.807) is 11.3 Å². The SMILES string of the molecule is CCCCCCCC(=O)N/N=c1\sc2ccccc2n1C. The first-order valence-corrected chi connectivity index (χ1v) is 8.41. The molecular weight excluding hydrogens is 282 g/mol. The Morgan fingerprint density at radius 3 is 2.76 bits per heavy atom. The van der Waals surface area contributed by atoms with Crippen molar-refractivity contribution in [3.63, 3.8) is 0 Å². The highest BCUT2D eigenvalue weighted by Crippen LogP contribution is 2.14. The number of nitrogens with zero attached hydrogens (tertiary/aromatic N) is 2. The van der Waals surface area contributed by atoms with Crippen LogP contribution in [0.15, 0.2) is 29.4 Å². The number of amides is 1. The largest absolute Gasteiger partial charge is 0.318 e. The normalized spacial score (nSPS) is 12.0. The lowest BCUT2D eigenvalue weighted by atomic mass is 10.1. The minimum atomic E-state index is 0.00366. The molecule has 1 aromatic heterocycles. The topological polar surface area (TPSA) is 46.4 Å². The quantitative estimate of drug-likeness (QED) is 0.617. The molecular formula is C16H23N3OS. The Morgan fingerprint density at radius 2 is 2.00 bits per heavy atom. The second kappa shape index (κ2) is 7.98. The number of benzene rings is 1. The number of hydrogen-bond donors (Lipinski definition) is 1. The maximum atomic E-state index is 11.8. The molecule has 5 heteroatoms. The van der Waals surface area contributed by atoms with Gasteiger partial charge in [0.2, 0.25) is 10.7 Å². The smallest absolute Gasteiger partial charge is 0.240 e. The van der Waals surface area contributed by atoms with Gasteiger partial charge in [0.05, 0.1) is 10.2 Å². The summed E-state index contributed by atoms with van der Waals surface area (Å²) < 4.78 is 3.18. The molecule has 1 heterocycles. The summed E-state index contributed by atoms with van der Waals surface area (Å²) in [5, 5.41) is 4.24. The van der Waals surface area contributed by atoms with Crippen LogP contribution in [0.25, 0.3) is 10.2 Å². The lowest BCUT2D eigenvalue weighted by Crippen LogP contribution is -2.22. The number of para-hydroxylation sites is 1. The molecule has 0 bridgehead atoms. The zero-order valence-corrected chi connectivity index (χ0v) is 13.6. The van der Waals surface area contributed by atoms with E-state index in [4.69, 9.17) is 0 Å². The molecule has 2 aromatic rings. The first-order chi connectivity index (χ1) is 10.2. The van der Waals surface area contributed by atoms with Gasteiger partial charge in [-0.05, 0) is 18.6 Å². The molecule has 0 atom stereocenters. The molecule has 1 aromatic carbocycles. The van der Waals surface area contributed by atoms with Crippen LogP contribution in [0.1, 0.15) is 45.4 Å². The van der Waals surface area contributed by atoms with Crippen LogP contribution in [0.2, 0.25) is 0 Å². The Labute approximate surface area is 129 Å². The number of carbonyl (C=O) groups is 1. The van der Waals surface area contributed by atoms with Crippen molar-refractivity contribution < 1.29 is 4.79 Å². The van der Waals surface area contributed by atoms with Gasteiger partial charge in [0.25, 0.3) is 0 Å². The van der Waals surface area contributed by atoms with Gasteiger partial charge in [-0.15, -0.1) is 5.10 Å². The summed E-state index contributed by atoms with van der Waals surface area (Å²) >= 11 is 1.58. The van der Waals surface area contributed by atoms with Gasteiger partial charge in [-0.25, -0.2) is 5.43 Å². The fourth-order valence-electron chi connectivity index (χ4n) is 2.24. The molecule has 0 fully saturated rings. The third-order valence-electron chi connectivity index (χ3n) is 3.50. The number of hydrogen-bond acceptors (Lipinski definition) is 3. The third kappa shape index (κ3) is 4.43. The van der Waals surface area contributed by atoms with Crippen LogP contribution in [0, 0.1) is 0 Å². The second-order valence-electron chi connectivity index (χ2n) is 5.22. The van der Waals surface area contributed by atoms with Gasteiger partial charge in [0.15, 0.2) is 0 Å². The highest BCUT2D eigenvalue weighted by Gasteiger charge is 2.03. The molecule has 1 N–H and O–H groups in total. The Balaban J connectivity index is 1.90. The number of fused-ring (bicyclic) bond motifs is 1. The summed E-state index contributed by atoms with van der Waals surface area (Å²) in [4.78, 5) is 12.6. The van der Waals surface area contributed by atoms with Gasteiger partial charge in [0, 0.05) is 13.5 Å². The second-order valence-corrected chi connectivity index (χ2v) is 6.23. The fraction of sp³-hybridized carbons (Fsp3) is 0.500. The highest BCUT2D eigenvalue weighted by atomic mass is 32.1. The molecule has 0 spiro atoms. The Hall–Kier alpha value is -1.62. The number of thiazole rings is 1. The van der Waals surface area contributed by atoms with Gasteiger partial charge in [-0.1, -0.05) is 56.1 Å². The van der Waals surface area contributed by atoms with Crippen molar-refractivity contribution in [2.45, 2.75) is 45.4 Å². The Bertz CT molecular complexity index is 657. The van der Waals surface area contributed by atoms with Gasteiger partial charge in [-0.3, -0.25) is 4.79 Å². The fourth-order valence-corrected chi connectivity index (χ4v) is 3.22. The first kappa shape index (κ1) is 15.8. The molecule has 114 valence electrons. The first-order valence-electron chi connectivity index (χ1n) is 7.59. The molecule has 0 saturated heterocycles. The molecule has 0 aliphatic heterocycles. The molecule has 21 heavy (non-hydrogen) atoms. The number of aromatic nitrogens is 1. The van der Waals surface area contributed by atoms with Crippen molar-refractivity contribution in [3.05, 3.63) is 29.1 Å². The monoisotopic (exact) mass is 305 g/mol. The van der Waals surface area contributed by atoms with Crippen molar-refractivity contribution >= 4 is 27.5 Å². The van der Waals surface area contributed by atoms with Crippen LogP contribution >= 0.6 is 11.3 Å². The summed E-state index contributed by atoms with van der Waals surface area (Å²) in [5.41, 5.74) is 3.80. The van der Waals surface area contributed by atoms with E-state index in [0.29, 0.717) is 6.42 Å². The predicted octanol–water partition coefficient (Wildman–Crippen LogP) is 3.53. The maximum Gasteiger partial charge on any atom is 0.240 e. The standard InChI is InChI=1S/C16H23N3OS/c1-3-4-5-6-7-12-15(20)17-18-16-19(2)13-10-8-9-11-14(13)21-16/h8-11H,3-7,12H2,1-2H3,(H,17,20)/b18-16-. The summed E-state index contributed by atoms with van der Waals surface area (Å²) in [6.45, 7) is 2.19. The molecule has 1 amide bonds. The lowest BCUT2D eigenvalue weighted by molar-refractivity contribution is -0.121. The van der Waals surface area contributed by atoms with Gasteiger partial charge in [-0.2, -0.15) is 0 Å². The number of nitrogens with one attached hydrogen (secondary N) is 1. The van der Waals surface area contributed by atoms with Crippen molar-refractivity contribution in [2.24, 2.45) is 12.1 Å². The van der Waals surface area contributed by atoms with E-state index in [0.717, 1.165) is 23.2 Å². The molecule has 0 aliphatic rings. The third-order valence-corrected chi connectivity index (χ3v) is 4.61. The van der Waals surface area contributed by atoms with E-state index in [9.17, 15) is 4.79 Å². The van der Waals surface area contributed by atoms with Gasteiger partial charge >= 0.3 is 0 Å². The number of unbranched alkanes of at least 4 members (excludes halogenated alkanes) is 4. The highest BCUT2D eigenvalue weighted by molar-refractivity contribution is 7.16. The Morgan fingerprint density at radius 1 is 1.24 bits per heavy atom. The summed E-state index contributed by atoms with van der Waals surface area (Å²) in [6, 6.07) is 8.14. The minimum absolute atomic E-state index is 0.00366. The molecule has 2 rings (SSSR count). The zero-order chi connectivity index (χ0) is 15.1. The summed E-state index contributed by atoms with van der Waals surface area (Å²) in [6.07, 6.45) is 6.32. The van der Waals surface area contributed by atoms with Crippen molar-refractivity contribution in [2.75, 3.05) is 0 Å². The number of rotatable bonds is 7. The average molecular weight is 305 g/mol. The van der Waals surface area contributed by atoms with Gasteiger partial charge in [0.1, 0.15) is 0 Å². The molecule has 0 radical (unpaired) electrons. The summed E-state index contributed by atoms with van der Waals surface area (Å²) in [5.74, 6) is 0.00366. The summed E-state index contributed by atoms with van der Waals surface area (Å²) in [7, 11) is 1.97. The van der Waals surface area contributed by atoms with E-state index in [2.05, 4.69) is 29.6 Å². The minimum Gasteiger partial charge on any atom is -0.318 e. The van der Waals surface area contributed by atoms with Crippen LogP contribution in [0.5, 0.6) is 0 Å². The number of aryl methyl sites for hydroxylation is 1.